The van der Waals surface area contributed by atoms with Gasteiger partial charge in [0.25, 0.3) is 0 Å². The Morgan fingerprint density at radius 3 is 2.80 bits per heavy atom. The Kier molecular flexibility index (Phi) is 6.65. The van der Waals surface area contributed by atoms with Crippen molar-refractivity contribution in [2.45, 2.75) is 43.9 Å². The van der Waals surface area contributed by atoms with Crippen molar-refractivity contribution in [3.8, 4) is 0 Å². The fourth-order valence-corrected chi connectivity index (χ4v) is 4.37. The summed E-state index contributed by atoms with van der Waals surface area (Å²) in [4.78, 5) is 16.7. The van der Waals surface area contributed by atoms with Crippen LogP contribution in [0.3, 0.4) is 0 Å². The van der Waals surface area contributed by atoms with E-state index in [-0.39, 0.29) is 0 Å². The molecule has 4 nitrogen and oxygen atoms in total. The molecule has 2 aliphatic rings. The van der Waals surface area contributed by atoms with Crippen molar-refractivity contribution < 1.29 is 4.79 Å². The number of hydrogen-bond donors (Lipinski definition) is 1. The first-order valence-electron chi connectivity index (χ1n) is 8.01. The molecule has 0 radical (unpaired) electrons. The highest BCUT2D eigenvalue weighted by Gasteiger charge is 2.25. The van der Waals surface area contributed by atoms with Crippen LogP contribution in [0, 0.1) is 0 Å². The molecule has 116 valence electrons. The van der Waals surface area contributed by atoms with Crippen molar-refractivity contribution in [2.24, 2.45) is 0 Å². The monoisotopic (exact) mass is 299 g/mol. The predicted molar refractivity (Wildman–Crippen MR) is 86.3 cm³/mol. The fraction of sp³-hybridized carbons (Fsp3) is 0.933. The number of likely N-dealkylation sites (N-methyl/N-ethyl adjacent to an activating group) is 2. The molecule has 5 heteroatoms. The van der Waals surface area contributed by atoms with Crippen LogP contribution < -0.4 is 5.32 Å². The summed E-state index contributed by atoms with van der Waals surface area (Å²) < 4.78 is 0. The van der Waals surface area contributed by atoms with Gasteiger partial charge in [0.05, 0.1) is 5.75 Å². The highest BCUT2D eigenvalue weighted by atomic mass is 32.2. The minimum atomic E-state index is 0.302. The number of carbonyl (C=O) groups is 1. The number of hydrogen-bond acceptors (Lipinski definition) is 4. The van der Waals surface area contributed by atoms with Gasteiger partial charge in [0.1, 0.15) is 0 Å². The van der Waals surface area contributed by atoms with E-state index < -0.39 is 0 Å². The van der Waals surface area contributed by atoms with Crippen molar-refractivity contribution in [3.05, 3.63) is 0 Å². The SMILES string of the molecule is CCN1CCCC1CN(C)C(=O)CSC1CCNCC1. The van der Waals surface area contributed by atoms with Crippen LogP contribution in [0.15, 0.2) is 0 Å². The van der Waals surface area contributed by atoms with Crippen LogP contribution in [0.25, 0.3) is 0 Å². The molecule has 2 heterocycles. The quantitative estimate of drug-likeness (QED) is 0.804. The molecule has 0 aromatic carbocycles. The molecular formula is C15H29N3OS. The van der Waals surface area contributed by atoms with Gasteiger partial charge in [-0.05, 0) is 51.9 Å². The van der Waals surface area contributed by atoms with Crippen LogP contribution in [0.1, 0.15) is 32.6 Å². The molecule has 2 aliphatic heterocycles. The van der Waals surface area contributed by atoms with Gasteiger partial charge in [0.15, 0.2) is 0 Å². The molecule has 0 aliphatic carbocycles. The normalized spacial score (nSPS) is 25.0. The number of carbonyl (C=O) groups excluding carboxylic acids is 1. The summed E-state index contributed by atoms with van der Waals surface area (Å²) in [6, 6.07) is 0.581. The maximum atomic E-state index is 12.2. The van der Waals surface area contributed by atoms with E-state index in [0.29, 0.717) is 23.0 Å². The van der Waals surface area contributed by atoms with Gasteiger partial charge in [-0.15, -0.1) is 11.8 Å². The van der Waals surface area contributed by atoms with Gasteiger partial charge in [0, 0.05) is 24.9 Å². The van der Waals surface area contributed by atoms with Crippen LogP contribution in [0.4, 0.5) is 0 Å². The second kappa shape index (κ2) is 8.25. The topological polar surface area (TPSA) is 35.6 Å². The Morgan fingerprint density at radius 2 is 2.10 bits per heavy atom. The van der Waals surface area contributed by atoms with Crippen LogP contribution >= 0.6 is 11.8 Å². The third-order valence-corrected chi connectivity index (χ3v) is 5.90. The lowest BCUT2D eigenvalue weighted by Gasteiger charge is -2.28. The Bertz CT molecular complexity index is 307. The third kappa shape index (κ3) is 4.64. The van der Waals surface area contributed by atoms with Gasteiger partial charge >= 0.3 is 0 Å². The molecule has 0 bridgehead atoms. The van der Waals surface area contributed by atoms with Crippen molar-refractivity contribution in [3.63, 3.8) is 0 Å². The van der Waals surface area contributed by atoms with Crippen LogP contribution in [-0.4, -0.2) is 72.5 Å². The highest BCUT2D eigenvalue weighted by Crippen LogP contribution is 2.21. The average molecular weight is 299 g/mol. The molecule has 2 rings (SSSR count). The number of likely N-dealkylation sites (tertiary alicyclic amines) is 1. The molecule has 2 fully saturated rings. The molecule has 0 spiro atoms. The van der Waals surface area contributed by atoms with E-state index in [1.165, 1.54) is 32.2 Å². The maximum Gasteiger partial charge on any atom is 0.232 e. The van der Waals surface area contributed by atoms with E-state index in [1.807, 2.05) is 23.7 Å². The van der Waals surface area contributed by atoms with Crippen LogP contribution in [0.5, 0.6) is 0 Å². The molecule has 0 aromatic heterocycles. The predicted octanol–water partition coefficient (Wildman–Crippen LogP) is 1.41. The summed E-state index contributed by atoms with van der Waals surface area (Å²) in [7, 11) is 1.97. The van der Waals surface area contributed by atoms with Crippen molar-refractivity contribution in [2.75, 3.05) is 45.5 Å². The van der Waals surface area contributed by atoms with Gasteiger partial charge in [-0.3, -0.25) is 9.69 Å². The third-order valence-electron chi connectivity index (χ3n) is 4.54. The minimum Gasteiger partial charge on any atom is -0.343 e. The van der Waals surface area contributed by atoms with Gasteiger partial charge in [0.2, 0.25) is 5.91 Å². The summed E-state index contributed by atoms with van der Waals surface area (Å²) in [5.74, 6) is 0.955. The van der Waals surface area contributed by atoms with Crippen molar-refractivity contribution >= 4 is 17.7 Å². The van der Waals surface area contributed by atoms with Crippen molar-refractivity contribution in [1.82, 2.24) is 15.1 Å². The van der Waals surface area contributed by atoms with Gasteiger partial charge in [-0.25, -0.2) is 0 Å². The fourth-order valence-electron chi connectivity index (χ4n) is 3.20. The summed E-state index contributed by atoms with van der Waals surface area (Å²) in [5, 5.41) is 4.04. The van der Waals surface area contributed by atoms with E-state index in [0.717, 1.165) is 26.2 Å². The Hall–Kier alpha value is -0.260. The Morgan fingerprint density at radius 1 is 1.35 bits per heavy atom. The molecule has 1 unspecified atom stereocenters. The standard InChI is InChI=1S/C15H29N3OS/c1-3-18-10-4-5-13(18)11-17(2)15(19)12-20-14-6-8-16-9-7-14/h13-14,16H,3-12H2,1-2H3. The van der Waals surface area contributed by atoms with E-state index in [1.54, 1.807) is 0 Å². The second-order valence-corrected chi connectivity index (χ2v) is 7.25. The highest BCUT2D eigenvalue weighted by molar-refractivity contribution is 8.00. The smallest absolute Gasteiger partial charge is 0.232 e. The van der Waals surface area contributed by atoms with Gasteiger partial charge < -0.3 is 10.2 Å². The van der Waals surface area contributed by atoms with E-state index >= 15 is 0 Å². The van der Waals surface area contributed by atoms with Gasteiger partial charge in [-0.1, -0.05) is 6.92 Å². The Labute approximate surface area is 127 Å². The number of piperidine rings is 1. The summed E-state index contributed by atoms with van der Waals surface area (Å²) in [6.45, 7) is 7.64. The molecule has 0 saturated carbocycles. The molecule has 2 saturated heterocycles. The Balaban J connectivity index is 1.68. The number of rotatable bonds is 6. The zero-order chi connectivity index (χ0) is 14.4. The van der Waals surface area contributed by atoms with Gasteiger partial charge in [-0.2, -0.15) is 0 Å². The summed E-state index contributed by atoms with van der Waals surface area (Å²) in [6.07, 6.45) is 4.93. The van der Waals surface area contributed by atoms with E-state index in [4.69, 9.17) is 0 Å². The minimum absolute atomic E-state index is 0.302. The largest absolute Gasteiger partial charge is 0.343 e. The zero-order valence-corrected chi connectivity index (χ0v) is 13.8. The van der Waals surface area contributed by atoms with Crippen molar-refractivity contribution in [1.29, 1.82) is 0 Å². The van der Waals surface area contributed by atoms with E-state index in [9.17, 15) is 4.79 Å². The first-order chi connectivity index (χ1) is 9.70. The summed E-state index contributed by atoms with van der Waals surface area (Å²) >= 11 is 1.85. The molecule has 1 N–H and O–H groups in total. The number of thioether (sulfide) groups is 1. The number of amides is 1. The number of nitrogens with one attached hydrogen (secondary N) is 1. The number of nitrogens with zero attached hydrogens (tertiary/aromatic N) is 2. The molecular weight excluding hydrogens is 270 g/mol. The zero-order valence-electron chi connectivity index (χ0n) is 12.9. The lowest BCUT2D eigenvalue weighted by Crippen LogP contribution is -2.42. The lowest BCUT2D eigenvalue weighted by atomic mass is 10.2. The first kappa shape index (κ1) is 16.1. The van der Waals surface area contributed by atoms with Crippen LogP contribution in [0.2, 0.25) is 0 Å². The maximum absolute atomic E-state index is 12.2. The van der Waals surface area contributed by atoms with Crippen LogP contribution in [-0.2, 0) is 4.79 Å². The molecule has 1 amide bonds. The molecule has 0 aromatic rings. The molecule has 20 heavy (non-hydrogen) atoms. The summed E-state index contributed by atoms with van der Waals surface area (Å²) in [5.41, 5.74) is 0. The van der Waals surface area contributed by atoms with E-state index in [2.05, 4.69) is 17.1 Å². The second-order valence-electron chi connectivity index (χ2n) is 5.96. The first-order valence-corrected chi connectivity index (χ1v) is 9.06. The lowest BCUT2D eigenvalue weighted by molar-refractivity contribution is -0.127. The molecule has 1 atom stereocenters. The average Bonchev–Trinajstić information content (AvgIpc) is 2.93.